The highest BCUT2D eigenvalue weighted by Crippen LogP contribution is 2.28. The predicted molar refractivity (Wildman–Crippen MR) is 84.3 cm³/mol. The second-order valence-corrected chi connectivity index (χ2v) is 5.43. The molecule has 0 saturated carbocycles. The van der Waals surface area contributed by atoms with E-state index in [0.717, 1.165) is 38.3 Å². The van der Waals surface area contributed by atoms with Crippen LogP contribution >= 0.6 is 11.6 Å². The van der Waals surface area contributed by atoms with Crippen molar-refractivity contribution in [2.75, 3.05) is 44.2 Å². The van der Waals surface area contributed by atoms with Gasteiger partial charge in [-0.3, -0.25) is 4.90 Å². The molecule has 116 valence electrons. The second kappa shape index (κ2) is 7.49. The molecule has 21 heavy (non-hydrogen) atoms. The van der Waals surface area contributed by atoms with Crippen molar-refractivity contribution in [3.63, 3.8) is 0 Å². The van der Waals surface area contributed by atoms with E-state index >= 15 is 0 Å². The van der Waals surface area contributed by atoms with Crippen LogP contribution in [0.3, 0.4) is 0 Å². The molecule has 0 unspecified atom stereocenters. The number of oxime groups is 1. The average molecular weight is 313 g/mol. The second-order valence-electron chi connectivity index (χ2n) is 5.03. The zero-order chi connectivity index (χ0) is 15.2. The van der Waals surface area contributed by atoms with Crippen LogP contribution in [0.5, 0.6) is 0 Å². The Kier molecular flexibility index (Phi) is 5.67. The Morgan fingerprint density at radius 2 is 2.10 bits per heavy atom. The van der Waals surface area contributed by atoms with Crippen LogP contribution in [0.4, 0.5) is 5.69 Å². The smallest absolute Gasteiger partial charge is 0.173 e. The van der Waals surface area contributed by atoms with Crippen molar-refractivity contribution in [3.05, 3.63) is 28.8 Å². The molecule has 6 nitrogen and oxygen atoms in total. The fraction of sp³-hybridized carbons (Fsp3) is 0.500. The van der Waals surface area contributed by atoms with E-state index < -0.39 is 0 Å². The molecule has 2 rings (SSSR count). The van der Waals surface area contributed by atoms with Gasteiger partial charge in [0.1, 0.15) is 0 Å². The van der Waals surface area contributed by atoms with E-state index in [0.29, 0.717) is 17.1 Å². The SMILES string of the molecule is N/C(=N/O)c1c(Cl)cccc1N1CCCN(CCO)CC1. The van der Waals surface area contributed by atoms with Gasteiger partial charge < -0.3 is 20.9 Å². The molecule has 1 saturated heterocycles. The number of aliphatic hydroxyl groups excluding tert-OH is 1. The molecule has 0 amide bonds. The maximum Gasteiger partial charge on any atom is 0.173 e. The van der Waals surface area contributed by atoms with Gasteiger partial charge in [-0.25, -0.2) is 0 Å². The van der Waals surface area contributed by atoms with E-state index in [1.165, 1.54) is 0 Å². The lowest BCUT2D eigenvalue weighted by Gasteiger charge is -2.26. The monoisotopic (exact) mass is 312 g/mol. The lowest BCUT2D eigenvalue weighted by molar-refractivity contribution is 0.204. The molecule has 4 N–H and O–H groups in total. The maximum absolute atomic E-state index is 9.05. The molecular formula is C14H21ClN4O2. The van der Waals surface area contributed by atoms with Crippen molar-refractivity contribution in [3.8, 4) is 0 Å². The van der Waals surface area contributed by atoms with E-state index in [2.05, 4.69) is 15.0 Å². The van der Waals surface area contributed by atoms with Gasteiger partial charge in [-0.05, 0) is 25.1 Å². The van der Waals surface area contributed by atoms with E-state index in [4.69, 9.17) is 27.6 Å². The highest BCUT2D eigenvalue weighted by molar-refractivity contribution is 6.34. The molecule has 1 fully saturated rings. The quantitative estimate of drug-likeness (QED) is 0.333. The number of hydrogen-bond donors (Lipinski definition) is 3. The Balaban J connectivity index is 2.24. The largest absolute Gasteiger partial charge is 0.409 e. The van der Waals surface area contributed by atoms with Crippen LogP contribution in [0.15, 0.2) is 23.4 Å². The van der Waals surface area contributed by atoms with Crippen molar-refractivity contribution in [2.45, 2.75) is 6.42 Å². The van der Waals surface area contributed by atoms with E-state index in [1.54, 1.807) is 6.07 Å². The number of rotatable bonds is 4. The fourth-order valence-corrected chi connectivity index (χ4v) is 2.92. The third-order valence-corrected chi connectivity index (χ3v) is 4.02. The Bertz CT molecular complexity index is 510. The van der Waals surface area contributed by atoms with Crippen LogP contribution in [-0.2, 0) is 0 Å². The number of β-amino-alcohol motifs (C(OH)–C–C–N with tert-alkyl or cyclic N) is 1. The summed E-state index contributed by atoms with van der Waals surface area (Å²) in [6.07, 6.45) is 0.988. The number of benzene rings is 1. The summed E-state index contributed by atoms with van der Waals surface area (Å²) < 4.78 is 0. The highest BCUT2D eigenvalue weighted by atomic mass is 35.5. The minimum atomic E-state index is 0.0204. The van der Waals surface area contributed by atoms with Gasteiger partial charge in [0.05, 0.1) is 17.2 Å². The molecule has 0 aromatic heterocycles. The van der Waals surface area contributed by atoms with Gasteiger partial charge in [0.25, 0.3) is 0 Å². The molecular weight excluding hydrogens is 292 g/mol. The van der Waals surface area contributed by atoms with Crippen LogP contribution < -0.4 is 10.6 Å². The van der Waals surface area contributed by atoms with Gasteiger partial charge in [0.2, 0.25) is 0 Å². The molecule has 1 aromatic rings. The fourth-order valence-electron chi connectivity index (χ4n) is 2.66. The van der Waals surface area contributed by atoms with Crippen LogP contribution in [0, 0.1) is 0 Å². The molecule has 1 aliphatic rings. The van der Waals surface area contributed by atoms with Crippen LogP contribution in [0.2, 0.25) is 5.02 Å². The summed E-state index contributed by atoms with van der Waals surface area (Å²) in [7, 11) is 0. The Labute approximate surface area is 129 Å². The number of hydrogen-bond acceptors (Lipinski definition) is 5. The van der Waals surface area contributed by atoms with E-state index in [9.17, 15) is 0 Å². The van der Waals surface area contributed by atoms with E-state index in [-0.39, 0.29) is 12.4 Å². The van der Waals surface area contributed by atoms with E-state index in [1.807, 2.05) is 12.1 Å². The third-order valence-electron chi connectivity index (χ3n) is 3.70. The third kappa shape index (κ3) is 3.78. The normalized spacial score (nSPS) is 17.8. The van der Waals surface area contributed by atoms with Crippen molar-refractivity contribution >= 4 is 23.1 Å². The topological polar surface area (TPSA) is 85.3 Å². The number of nitrogens with zero attached hydrogens (tertiary/aromatic N) is 3. The summed E-state index contributed by atoms with van der Waals surface area (Å²) >= 11 is 6.20. The van der Waals surface area contributed by atoms with Crippen LogP contribution in [0.1, 0.15) is 12.0 Å². The Hall–Kier alpha value is -1.50. The first-order valence-electron chi connectivity index (χ1n) is 7.02. The average Bonchev–Trinajstić information content (AvgIpc) is 2.72. The lowest BCUT2D eigenvalue weighted by Crippen LogP contribution is -2.33. The maximum atomic E-state index is 9.05. The van der Waals surface area contributed by atoms with Gasteiger partial charge in [0, 0.05) is 31.9 Å². The number of halogens is 1. The first-order valence-corrected chi connectivity index (χ1v) is 7.39. The number of nitrogens with two attached hydrogens (primary N) is 1. The van der Waals surface area contributed by atoms with Crippen molar-refractivity contribution < 1.29 is 10.3 Å². The van der Waals surface area contributed by atoms with Crippen molar-refractivity contribution in [2.24, 2.45) is 10.9 Å². The summed E-state index contributed by atoms with van der Waals surface area (Å²) in [6.45, 7) is 4.36. The first kappa shape index (κ1) is 15.9. The molecule has 0 atom stereocenters. The van der Waals surface area contributed by atoms with Crippen LogP contribution in [0.25, 0.3) is 0 Å². The molecule has 0 aliphatic carbocycles. The minimum Gasteiger partial charge on any atom is -0.409 e. The van der Waals surface area contributed by atoms with Gasteiger partial charge >= 0.3 is 0 Å². The molecule has 7 heteroatoms. The molecule has 0 spiro atoms. The Morgan fingerprint density at radius 3 is 2.81 bits per heavy atom. The summed E-state index contributed by atoms with van der Waals surface area (Å²) in [5.74, 6) is 0.0204. The first-order chi connectivity index (χ1) is 10.2. The summed E-state index contributed by atoms with van der Waals surface area (Å²) in [5.41, 5.74) is 7.21. The van der Waals surface area contributed by atoms with Crippen molar-refractivity contribution in [1.29, 1.82) is 0 Å². The number of aliphatic hydroxyl groups is 1. The summed E-state index contributed by atoms with van der Waals surface area (Å²) in [5, 5.41) is 21.6. The molecule has 0 radical (unpaired) electrons. The molecule has 0 bridgehead atoms. The van der Waals surface area contributed by atoms with Gasteiger partial charge in [-0.1, -0.05) is 22.8 Å². The number of amidine groups is 1. The minimum absolute atomic E-state index is 0.0204. The van der Waals surface area contributed by atoms with Gasteiger partial charge in [-0.2, -0.15) is 0 Å². The highest BCUT2D eigenvalue weighted by Gasteiger charge is 2.20. The zero-order valence-corrected chi connectivity index (χ0v) is 12.6. The van der Waals surface area contributed by atoms with Crippen molar-refractivity contribution in [1.82, 2.24) is 4.90 Å². The molecule has 1 heterocycles. The summed E-state index contributed by atoms with van der Waals surface area (Å²) in [4.78, 5) is 4.42. The molecule has 1 aromatic carbocycles. The lowest BCUT2D eigenvalue weighted by atomic mass is 10.1. The number of anilines is 1. The van der Waals surface area contributed by atoms with Gasteiger partial charge in [-0.15, -0.1) is 0 Å². The zero-order valence-electron chi connectivity index (χ0n) is 11.9. The van der Waals surface area contributed by atoms with Gasteiger partial charge in [0.15, 0.2) is 5.84 Å². The molecule has 1 aliphatic heterocycles. The Morgan fingerprint density at radius 1 is 1.29 bits per heavy atom. The predicted octanol–water partition coefficient (Wildman–Crippen LogP) is 0.939. The summed E-state index contributed by atoms with van der Waals surface area (Å²) in [6, 6.07) is 5.53. The van der Waals surface area contributed by atoms with Crippen LogP contribution in [-0.4, -0.2) is 60.4 Å². The standard InChI is InChI=1S/C14H21ClN4O2/c15-11-3-1-4-12(13(11)14(16)17-21)19-6-2-5-18(7-8-19)9-10-20/h1,3-4,20-21H,2,5-10H2,(H2,16,17).